The van der Waals surface area contributed by atoms with Gasteiger partial charge in [0.25, 0.3) is 0 Å². The summed E-state index contributed by atoms with van der Waals surface area (Å²) in [6, 6.07) is 13.7. The van der Waals surface area contributed by atoms with Gasteiger partial charge in [0, 0.05) is 23.6 Å². The molecular weight excluding hydrogens is 302 g/mol. The van der Waals surface area contributed by atoms with Gasteiger partial charge in [-0.05, 0) is 18.9 Å². The highest BCUT2D eigenvalue weighted by molar-refractivity contribution is 5.94. The van der Waals surface area contributed by atoms with Crippen molar-refractivity contribution in [3.8, 4) is 0 Å². The van der Waals surface area contributed by atoms with Crippen LogP contribution in [0.5, 0.6) is 0 Å². The number of pyridine rings is 1. The first-order valence-corrected chi connectivity index (χ1v) is 6.43. The van der Waals surface area contributed by atoms with Gasteiger partial charge in [0.15, 0.2) is 11.9 Å². The largest absolute Gasteiger partial charge is 1.00 e. The fourth-order valence-electron chi connectivity index (χ4n) is 2.63. The van der Waals surface area contributed by atoms with Gasteiger partial charge in [-0.2, -0.15) is 4.57 Å². The number of carbonyl (C=O) groups excluding carboxylic acids is 1. The Balaban J connectivity index is 0.00000133. The molecule has 0 atom stereocenters. The Labute approximate surface area is 123 Å². The SMILES string of the molecule is O=C(C[n+]1cccc2c1CCC2)c1ccccc1.[Br-]. The molecule has 19 heavy (non-hydrogen) atoms. The average molecular weight is 318 g/mol. The second kappa shape index (κ2) is 6.11. The predicted octanol–water partition coefficient (Wildman–Crippen LogP) is -0.650. The third-order valence-corrected chi connectivity index (χ3v) is 3.55. The second-order valence-corrected chi connectivity index (χ2v) is 4.75. The molecule has 0 bridgehead atoms. The number of rotatable bonds is 3. The van der Waals surface area contributed by atoms with Crippen LogP contribution in [0.1, 0.15) is 28.0 Å². The summed E-state index contributed by atoms with van der Waals surface area (Å²) in [6.45, 7) is 0.452. The number of aromatic nitrogens is 1. The van der Waals surface area contributed by atoms with Crippen LogP contribution in [0.2, 0.25) is 0 Å². The van der Waals surface area contributed by atoms with Crippen LogP contribution < -0.4 is 21.5 Å². The topological polar surface area (TPSA) is 20.9 Å². The van der Waals surface area contributed by atoms with Crippen molar-refractivity contribution in [3.05, 3.63) is 65.5 Å². The van der Waals surface area contributed by atoms with Crippen molar-refractivity contribution in [3.63, 3.8) is 0 Å². The van der Waals surface area contributed by atoms with E-state index in [1.54, 1.807) is 0 Å². The van der Waals surface area contributed by atoms with Gasteiger partial charge < -0.3 is 17.0 Å². The predicted molar refractivity (Wildman–Crippen MR) is 69.4 cm³/mol. The highest BCUT2D eigenvalue weighted by Gasteiger charge is 2.23. The first kappa shape index (κ1) is 13.9. The number of aryl methyl sites for hydroxylation is 1. The molecule has 1 aliphatic rings. The van der Waals surface area contributed by atoms with Crippen LogP contribution in [-0.4, -0.2) is 5.78 Å². The number of carbonyl (C=O) groups is 1. The Kier molecular flexibility index (Phi) is 4.48. The Morgan fingerprint density at radius 3 is 2.63 bits per heavy atom. The molecule has 2 nitrogen and oxygen atoms in total. The molecule has 0 saturated heterocycles. The van der Waals surface area contributed by atoms with Crippen LogP contribution >= 0.6 is 0 Å². The number of nitrogens with zero attached hydrogens (tertiary/aromatic N) is 1. The van der Waals surface area contributed by atoms with Crippen LogP contribution in [0.15, 0.2) is 48.7 Å². The summed E-state index contributed by atoms with van der Waals surface area (Å²) in [5.41, 5.74) is 3.53. The number of hydrogen-bond acceptors (Lipinski definition) is 1. The molecule has 0 unspecified atom stereocenters. The number of halogens is 1. The van der Waals surface area contributed by atoms with E-state index in [2.05, 4.69) is 10.6 Å². The average Bonchev–Trinajstić information content (AvgIpc) is 2.89. The van der Waals surface area contributed by atoms with Crippen molar-refractivity contribution < 1.29 is 26.3 Å². The summed E-state index contributed by atoms with van der Waals surface area (Å²) in [5.74, 6) is 0.181. The smallest absolute Gasteiger partial charge is 0.227 e. The summed E-state index contributed by atoms with van der Waals surface area (Å²) in [5, 5.41) is 0. The number of benzene rings is 1. The van der Waals surface area contributed by atoms with Crippen LogP contribution in [0, 0.1) is 0 Å². The lowest BCUT2D eigenvalue weighted by molar-refractivity contribution is -0.690. The van der Waals surface area contributed by atoms with E-state index in [-0.39, 0.29) is 22.8 Å². The molecule has 3 heteroatoms. The van der Waals surface area contributed by atoms with E-state index in [0.717, 1.165) is 18.4 Å². The van der Waals surface area contributed by atoms with Crippen LogP contribution in [0.4, 0.5) is 0 Å². The van der Waals surface area contributed by atoms with Gasteiger partial charge in [0.1, 0.15) is 0 Å². The van der Waals surface area contributed by atoms with E-state index >= 15 is 0 Å². The second-order valence-electron chi connectivity index (χ2n) is 4.75. The summed E-state index contributed by atoms with van der Waals surface area (Å²) < 4.78 is 2.11. The van der Waals surface area contributed by atoms with E-state index in [1.165, 1.54) is 17.7 Å². The fraction of sp³-hybridized carbons (Fsp3) is 0.250. The minimum Gasteiger partial charge on any atom is -1.00 e. The van der Waals surface area contributed by atoms with Gasteiger partial charge in [0.05, 0.1) is 0 Å². The molecule has 0 N–H and O–H groups in total. The van der Waals surface area contributed by atoms with Gasteiger partial charge in [-0.3, -0.25) is 4.79 Å². The standard InChI is InChI=1S/C16H16NO.BrH/c18-16(14-6-2-1-3-7-14)12-17-11-5-9-13-8-4-10-15(13)17;/h1-3,5-7,9,11H,4,8,10,12H2;1H/q+1;/p-1. The van der Waals surface area contributed by atoms with E-state index in [9.17, 15) is 4.79 Å². The third kappa shape index (κ3) is 2.92. The van der Waals surface area contributed by atoms with Crippen LogP contribution in [0.3, 0.4) is 0 Å². The van der Waals surface area contributed by atoms with Gasteiger partial charge >= 0.3 is 0 Å². The number of Topliss-reactive ketones (excluding diaryl/α,β-unsaturated/α-hetero) is 1. The number of fused-ring (bicyclic) bond motifs is 1. The van der Waals surface area contributed by atoms with Crippen molar-refractivity contribution in [1.82, 2.24) is 0 Å². The summed E-state index contributed by atoms with van der Waals surface area (Å²) in [6.07, 6.45) is 5.47. The van der Waals surface area contributed by atoms with Crippen LogP contribution in [-0.2, 0) is 19.4 Å². The highest BCUT2D eigenvalue weighted by Crippen LogP contribution is 2.17. The monoisotopic (exact) mass is 317 g/mol. The molecule has 1 aromatic carbocycles. The minimum atomic E-state index is 0. The van der Waals surface area contributed by atoms with E-state index in [4.69, 9.17) is 0 Å². The molecule has 0 amide bonds. The highest BCUT2D eigenvalue weighted by atomic mass is 79.9. The Morgan fingerprint density at radius 2 is 1.84 bits per heavy atom. The van der Waals surface area contributed by atoms with Crippen molar-refractivity contribution in [2.75, 3.05) is 0 Å². The molecule has 0 aliphatic heterocycles. The molecule has 0 spiro atoms. The van der Waals surface area contributed by atoms with Crippen molar-refractivity contribution >= 4 is 5.78 Å². The van der Waals surface area contributed by atoms with Gasteiger partial charge in [-0.25, -0.2) is 0 Å². The number of ketones is 1. The molecule has 98 valence electrons. The molecule has 2 aromatic rings. The van der Waals surface area contributed by atoms with E-state index < -0.39 is 0 Å². The lowest BCUT2D eigenvalue weighted by atomic mass is 10.1. The quantitative estimate of drug-likeness (QED) is 0.544. The van der Waals surface area contributed by atoms with Gasteiger partial charge in [-0.15, -0.1) is 0 Å². The maximum atomic E-state index is 12.2. The van der Waals surface area contributed by atoms with Crippen molar-refractivity contribution in [2.24, 2.45) is 0 Å². The molecule has 3 rings (SSSR count). The number of hydrogen-bond donors (Lipinski definition) is 0. The molecule has 1 aliphatic carbocycles. The molecular formula is C16H16BrNO. The minimum absolute atomic E-state index is 0. The fourth-order valence-corrected chi connectivity index (χ4v) is 2.63. The maximum absolute atomic E-state index is 12.2. The third-order valence-electron chi connectivity index (χ3n) is 3.55. The molecule has 0 saturated carbocycles. The zero-order valence-electron chi connectivity index (χ0n) is 10.7. The summed E-state index contributed by atoms with van der Waals surface area (Å²) >= 11 is 0. The van der Waals surface area contributed by atoms with Crippen molar-refractivity contribution in [1.29, 1.82) is 0 Å². The summed E-state index contributed by atoms with van der Waals surface area (Å²) in [4.78, 5) is 12.2. The molecule has 0 fully saturated rings. The Hall–Kier alpha value is -1.48. The lowest BCUT2D eigenvalue weighted by Crippen LogP contribution is -3.00. The normalized spacial score (nSPS) is 12.6. The zero-order valence-corrected chi connectivity index (χ0v) is 12.3. The Morgan fingerprint density at radius 1 is 1.05 bits per heavy atom. The van der Waals surface area contributed by atoms with E-state index in [0.29, 0.717) is 6.54 Å². The van der Waals surface area contributed by atoms with Crippen molar-refractivity contribution in [2.45, 2.75) is 25.8 Å². The molecule has 1 heterocycles. The molecule has 1 aromatic heterocycles. The van der Waals surface area contributed by atoms with Crippen LogP contribution in [0.25, 0.3) is 0 Å². The zero-order chi connectivity index (χ0) is 12.4. The summed E-state index contributed by atoms with van der Waals surface area (Å²) in [7, 11) is 0. The van der Waals surface area contributed by atoms with E-state index in [1.807, 2.05) is 42.6 Å². The maximum Gasteiger partial charge on any atom is 0.227 e. The first-order chi connectivity index (χ1) is 8.84. The Bertz CT molecular complexity index is 581. The molecule has 0 radical (unpaired) electrons. The first-order valence-electron chi connectivity index (χ1n) is 6.43. The lowest BCUT2D eigenvalue weighted by Gasteiger charge is -2.02. The van der Waals surface area contributed by atoms with Gasteiger partial charge in [-0.1, -0.05) is 30.3 Å². The van der Waals surface area contributed by atoms with Gasteiger partial charge in [0.2, 0.25) is 12.3 Å².